The monoisotopic (exact) mass is 190 g/mol. The van der Waals surface area contributed by atoms with Gasteiger partial charge in [0.15, 0.2) is 0 Å². The number of hydrogen-bond donors (Lipinski definition) is 0. The Hall–Kier alpha value is -1.77. The van der Waals surface area contributed by atoms with Crippen molar-refractivity contribution < 1.29 is 4.48 Å². The zero-order valence-electron chi connectivity index (χ0n) is 7.68. The lowest BCUT2D eigenvalue weighted by molar-refractivity contribution is 0.312. The van der Waals surface area contributed by atoms with E-state index in [9.17, 15) is 4.48 Å². The summed E-state index contributed by atoms with van der Waals surface area (Å²) < 4.78 is 14.9. The normalized spacial score (nSPS) is 10.1. The second-order valence-electron chi connectivity index (χ2n) is 3.04. The summed E-state index contributed by atoms with van der Waals surface area (Å²) in [6.07, 6.45) is 3.34. The molecule has 0 amide bonds. The van der Waals surface area contributed by atoms with Crippen LogP contribution in [0.5, 0.6) is 0 Å². The topological polar surface area (TPSA) is 8.17 Å². The van der Waals surface area contributed by atoms with Crippen LogP contribution >= 0.6 is 0 Å². The Bertz CT molecular complexity index is 369. The molecule has 2 nitrogen and oxygen atoms in total. The van der Waals surface area contributed by atoms with Crippen molar-refractivity contribution >= 4 is 0 Å². The summed E-state index contributed by atoms with van der Waals surface area (Å²) in [7, 11) is 0. The zero-order valence-corrected chi connectivity index (χ0v) is 7.68. The standard InChI is InChI=1S/C11H11FN2/c12-14(13-8-4-5-9-13)10-11-6-2-1-3-7-11/h1-9H,10H2. The molecular formula is C11H11FN2. The molecule has 0 N–H and O–H groups in total. The van der Waals surface area contributed by atoms with Gasteiger partial charge in [-0.3, -0.25) is 0 Å². The van der Waals surface area contributed by atoms with Gasteiger partial charge in [-0.05, 0) is 17.7 Å². The molecule has 0 fully saturated rings. The van der Waals surface area contributed by atoms with Crippen molar-refractivity contribution in [2.24, 2.45) is 0 Å². The molecule has 0 aliphatic rings. The Balaban J connectivity index is 2.06. The molecular weight excluding hydrogens is 179 g/mol. The van der Waals surface area contributed by atoms with Crippen LogP contribution in [0.4, 0.5) is 4.48 Å². The third-order valence-corrected chi connectivity index (χ3v) is 2.00. The van der Waals surface area contributed by atoms with Crippen molar-refractivity contribution in [1.29, 1.82) is 0 Å². The van der Waals surface area contributed by atoms with E-state index in [1.54, 1.807) is 24.5 Å². The summed E-state index contributed by atoms with van der Waals surface area (Å²) in [5, 5.41) is 0.662. The predicted octanol–water partition coefficient (Wildman–Crippen LogP) is 2.51. The second kappa shape index (κ2) is 3.96. The molecule has 0 atom stereocenters. The van der Waals surface area contributed by atoms with E-state index in [-0.39, 0.29) is 6.54 Å². The lowest BCUT2D eigenvalue weighted by atomic mass is 10.2. The highest BCUT2D eigenvalue weighted by atomic mass is 19.2. The van der Waals surface area contributed by atoms with Crippen molar-refractivity contribution in [2.75, 3.05) is 5.23 Å². The molecule has 1 heterocycles. The van der Waals surface area contributed by atoms with Gasteiger partial charge in [-0.1, -0.05) is 34.8 Å². The fourth-order valence-corrected chi connectivity index (χ4v) is 1.29. The Morgan fingerprint density at radius 3 is 2.29 bits per heavy atom. The van der Waals surface area contributed by atoms with Crippen LogP contribution in [0.15, 0.2) is 54.9 Å². The van der Waals surface area contributed by atoms with Crippen LogP contribution in [-0.2, 0) is 6.54 Å². The lowest BCUT2D eigenvalue weighted by Crippen LogP contribution is -2.23. The smallest absolute Gasteiger partial charge is 0.0933 e. The van der Waals surface area contributed by atoms with Crippen molar-refractivity contribution in [3.63, 3.8) is 0 Å². The number of nitrogens with zero attached hydrogens (tertiary/aromatic N) is 2. The van der Waals surface area contributed by atoms with E-state index in [2.05, 4.69) is 0 Å². The molecule has 1 aromatic carbocycles. The minimum atomic E-state index is 0.259. The van der Waals surface area contributed by atoms with Crippen LogP contribution < -0.4 is 5.23 Å². The number of halogens is 1. The molecule has 2 rings (SSSR count). The number of benzene rings is 1. The summed E-state index contributed by atoms with van der Waals surface area (Å²) in [5.41, 5.74) is 0.948. The second-order valence-corrected chi connectivity index (χ2v) is 3.04. The highest BCUT2D eigenvalue weighted by Crippen LogP contribution is 2.04. The molecule has 1 aromatic heterocycles. The minimum Gasteiger partial charge on any atom is -0.245 e. The van der Waals surface area contributed by atoms with Crippen LogP contribution in [0.1, 0.15) is 5.56 Å². The van der Waals surface area contributed by atoms with Crippen molar-refractivity contribution in [2.45, 2.75) is 6.54 Å². The van der Waals surface area contributed by atoms with E-state index in [0.717, 1.165) is 5.56 Å². The van der Waals surface area contributed by atoms with Gasteiger partial charge >= 0.3 is 0 Å². The van der Waals surface area contributed by atoms with Crippen molar-refractivity contribution in [3.05, 3.63) is 60.4 Å². The van der Waals surface area contributed by atoms with Gasteiger partial charge in [0.1, 0.15) is 0 Å². The molecule has 3 heteroatoms. The maximum Gasteiger partial charge on any atom is 0.0933 e. The maximum atomic E-state index is 13.5. The molecule has 72 valence electrons. The molecule has 0 saturated heterocycles. The first-order valence-corrected chi connectivity index (χ1v) is 4.47. The van der Waals surface area contributed by atoms with E-state index in [1.165, 1.54) is 4.68 Å². The van der Waals surface area contributed by atoms with E-state index >= 15 is 0 Å². The predicted molar refractivity (Wildman–Crippen MR) is 53.9 cm³/mol. The molecule has 0 aliphatic heterocycles. The summed E-state index contributed by atoms with van der Waals surface area (Å²) >= 11 is 0. The van der Waals surface area contributed by atoms with Crippen LogP contribution in [0.25, 0.3) is 0 Å². The number of hydrogen-bond acceptors (Lipinski definition) is 1. The average Bonchev–Trinajstić information content (AvgIpc) is 2.72. The Morgan fingerprint density at radius 2 is 1.64 bits per heavy atom. The summed E-state index contributed by atoms with van der Waals surface area (Å²) in [6.45, 7) is 0.259. The fraction of sp³-hybridized carbons (Fsp3) is 0.0909. The van der Waals surface area contributed by atoms with Crippen LogP contribution in [0, 0.1) is 0 Å². The Kier molecular flexibility index (Phi) is 2.49. The molecule has 0 aliphatic carbocycles. The molecule has 0 unspecified atom stereocenters. The first kappa shape index (κ1) is 8.81. The number of rotatable bonds is 3. The zero-order chi connectivity index (χ0) is 9.80. The molecule has 0 spiro atoms. The molecule has 2 aromatic rings. The van der Waals surface area contributed by atoms with Gasteiger partial charge in [0.2, 0.25) is 0 Å². The molecule has 0 saturated carbocycles. The Morgan fingerprint density at radius 1 is 1.00 bits per heavy atom. The van der Waals surface area contributed by atoms with Crippen LogP contribution in [-0.4, -0.2) is 4.68 Å². The molecule has 0 bridgehead atoms. The first-order valence-electron chi connectivity index (χ1n) is 4.47. The fourth-order valence-electron chi connectivity index (χ4n) is 1.29. The van der Waals surface area contributed by atoms with E-state index in [4.69, 9.17) is 0 Å². The van der Waals surface area contributed by atoms with Crippen LogP contribution in [0.3, 0.4) is 0 Å². The summed E-state index contributed by atoms with van der Waals surface area (Å²) in [5.74, 6) is 0. The van der Waals surface area contributed by atoms with Crippen LogP contribution in [0.2, 0.25) is 0 Å². The summed E-state index contributed by atoms with van der Waals surface area (Å²) in [4.78, 5) is 0. The molecule has 14 heavy (non-hydrogen) atoms. The first-order chi connectivity index (χ1) is 6.86. The SMILES string of the molecule is FN(Cc1ccccc1)n1cccc1. The van der Waals surface area contributed by atoms with Crippen molar-refractivity contribution in [3.8, 4) is 0 Å². The average molecular weight is 190 g/mol. The maximum absolute atomic E-state index is 13.5. The minimum absolute atomic E-state index is 0.259. The van der Waals surface area contributed by atoms with Gasteiger partial charge in [0, 0.05) is 12.4 Å². The largest absolute Gasteiger partial charge is 0.245 e. The van der Waals surface area contributed by atoms with Crippen molar-refractivity contribution in [1.82, 2.24) is 4.68 Å². The number of aromatic nitrogens is 1. The van der Waals surface area contributed by atoms with E-state index in [1.807, 2.05) is 30.3 Å². The third-order valence-electron chi connectivity index (χ3n) is 2.00. The van der Waals surface area contributed by atoms with Gasteiger partial charge in [0.05, 0.1) is 6.54 Å². The van der Waals surface area contributed by atoms with Gasteiger partial charge in [0.25, 0.3) is 0 Å². The molecule has 0 radical (unpaired) electrons. The van der Waals surface area contributed by atoms with E-state index < -0.39 is 0 Å². The third kappa shape index (κ3) is 1.93. The highest BCUT2D eigenvalue weighted by Gasteiger charge is 2.02. The van der Waals surface area contributed by atoms with Gasteiger partial charge in [-0.2, -0.15) is 0 Å². The Labute approximate surface area is 82.1 Å². The van der Waals surface area contributed by atoms with E-state index in [0.29, 0.717) is 5.23 Å². The highest BCUT2D eigenvalue weighted by molar-refractivity contribution is 5.16. The van der Waals surface area contributed by atoms with Gasteiger partial charge in [-0.15, -0.1) is 5.23 Å². The lowest BCUT2D eigenvalue weighted by Gasteiger charge is -2.14. The van der Waals surface area contributed by atoms with Gasteiger partial charge in [-0.25, -0.2) is 4.68 Å². The quantitative estimate of drug-likeness (QED) is 0.675. The summed E-state index contributed by atoms with van der Waals surface area (Å²) in [6, 6.07) is 13.1. The van der Waals surface area contributed by atoms with Gasteiger partial charge < -0.3 is 0 Å².